The lowest BCUT2D eigenvalue weighted by Gasteiger charge is -2.09. The van der Waals surface area contributed by atoms with E-state index in [1.54, 1.807) is 12.1 Å². The first-order chi connectivity index (χ1) is 24.8. The maximum atomic E-state index is 12.1. The van der Waals surface area contributed by atoms with Gasteiger partial charge in [0.05, 0.1) is 151 Å². The highest BCUT2D eigenvalue weighted by atomic mass is 79.9. The number of esters is 1. The summed E-state index contributed by atoms with van der Waals surface area (Å²) in [6.07, 6.45) is 2.24. The van der Waals surface area contributed by atoms with Crippen LogP contribution in [0.2, 0.25) is 0 Å². The molecule has 14 nitrogen and oxygen atoms in total. The topological polar surface area (TPSA) is 140 Å². The normalized spacial score (nSPS) is 11.3. The fourth-order valence-corrected chi connectivity index (χ4v) is 3.99. The van der Waals surface area contributed by atoms with Crippen molar-refractivity contribution in [3.05, 3.63) is 29.8 Å². The Balaban J connectivity index is 1.69. The monoisotopic (exact) mass is 783 g/mol. The predicted molar refractivity (Wildman–Crippen MR) is 193 cm³/mol. The second-order valence-electron chi connectivity index (χ2n) is 10.4. The zero-order valence-corrected chi connectivity index (χ0v) is 31.7. The van der Waals surface area contributed by atoms with Gasteiger partial charge in [-0.1, -0.05) is 29.3 Å². The average Bonchev–Trinajstić information content (AvgIpc) is 3.13. The maximum Gasteiger partial charge on any atom is 0.338 e. The minimum absolute atomic E-state index is 0.190. The molecular weight excluding hydrogens is 722 g/mol. The number of benzene rings is 1. The molecule has 0 saturated carbocycles. The summed E-state index contributed by atoms with van der Waals surface area (Å²) in [4.78, 5) is 12.1. The van der Waals surface area contributed by atoms with Crippen LogP contribution in [0.1, 0.15) is 30.1 Å². The van der Waals surface area contributed by atoms with Crippen molar-refractivity contribution in [1.29, 1.82) is 0 Å². The number of alkyl halides is 1. The van der Waals surface area contributed by atoms with Crippen molar-refractivity contribution in [2.24, 2.45) is 0 Å². The van der Waals surface area contributed by atoms with E-state index in [4.69, 9.17) is 56.8 Å². The number of ether oxygens (including phenoxy) is 12. The summed E-state index contributed by atoms with van der Waals surface area (Å²) < 4.78 is 65.2. The van der Waals surface area contributed by atoms with E-state index in [0.29, 0.717) is 151 Å². The van der Waals surface area contributed by atoms with Gasteiger partial charge in [-0.15, -0.1) is 0 Å². The molecular formula is C35H62BrNO13. The van der Waals surface area contributed by atoms with Gasteiger partial charge < -0.3 is 62.2 Å². The van der Waals surface area contributed by atoms with Crippen molar-refractivity contribution >= 4 is 27.6 Å². The first-order valence-electron chi connectivity index (χ1n) is 17.7. The Morgan fingerprint density at radius 2 is 0.780 bits per heavy atom. The first kappa shape index (κ1) is 46.6. The molecule has 1 rings (SSSR count). The smallest absolute Gasteiger partial charge is 0.338 e. The average molecular weight is 785 g/mol. The van der Waals surface area contributed by atoms with Crippen LogP contribution in [0.3, 0.4) is 0 Å². The second kappa shape index (κ2) is 38.8. The van der Waals surface area contributed by atoms with Crippen LogP contribution in [-0.2, 0) is 56.8 Å². The van der Waals surface area contributed by atoms with Gasteiger partial charge in [-0.05, 0) is 30.7 Å². The predicted octanol–water partition coefficient (Wildman–Crippen LogP) is 3.63. The van der Waals surface area contributed by atoms with Gasteiger partial charge in [0.25, 0.3) is 0 Å². The van der Waals surface area contributed by atoms with Gasteiger partial charge in [0, 0.05) is 17.6 Å². The fourth-order valence-electron chi connectivity index (χ4n) is 3.77. The molecule has 0 heterocycles. The molecule has 0 amide bonds. The van der Waals surface area contributed by atoms with Crippen molar-refractivity contribution in [3.63, 3.8) is 0 Å². The number of anilines is 1. The van der Waals surface area contributed by atoms with Gasteiger partial charge in [0.2, 0.25) is 0 Å². The standard InChI is InChI=1S/C35H62BrNO13/c1-2-3-9-37-34-6-4-33(5-7-34)35(38)50-32-31-49-30-29-48-28-27-47-26-25-46-24-23-45-22-21-44-20-19-43-18-17-42-16-15-41-14-13-40-12-11-39-10-8-36/h4-7,37H,2-3,8-32H2,1H3. The van der Waals surface area contributed by atoms with Crippen molar-refractivity contribution in [2.45, 2.75) is 19.8 Å². The lowest BCUT2D eigenvalue weighted by Crippen LogP contribution is -2.15. The van der Waals surface area contributed by atoms with Gasteiger partial charge in [0.1, 0.15) is 6.61 Å². The van der Waals surface area contributed by atoms with Crippen molar-refractivity contribution in [2.75, 3.05) is 169 Å². The highest BCUT2D eigenvalue weighted by Gasteiger charge is 2.07. The third-order valence-corrected chi connectivity index (χ3v) is 6.71. The quantitative estimate of drug-likeness (QED) is 0.0589. The van der Waals surface area contributed by atoms with Gasteiger partial charge in [-0.3, -0.25) is 0 Å². The van der Waals surface area contributed by atoms with Crippen LogP contribution in [-0.4, -0.2) is 170 Å². The molecule has 0 aliphatic heterocycles. The highest BCUT2D eigenvalue weighted by Crippen LogP contribution is 2.11. The Labute approximate surface area is 307 Å². The molecule has 0 fully saturated rings. The summed E-state index contributed by atoms with van der Waals surface area (Å²) in [5, 5.41) is 4.15. The zero-order chi connectivity index (χ0) is 35.8. The van der Waals surface area contributed by atoms with Crippen molar-refractivity contribution in [1.82, 2.24) is 0 Å². The lowest BCUT2D eigenvalue weighted by atomic mass is 10.2. The van der Waals surface area contributed by atoms with E-state index in [1.807, 2.05) is 12.1 Å². The minimum atomic E-state index is -0.361. The van der Waals surface area contributed by atoms with E-state index in [9.17, 15) is 4.79 Å². The van der Waals surface area contributed by atoms with Crippen molar-refractivity contribution < 1.29 is 61.6 Å². The Morgan fingerprint density at radius 1 is 0.480 bits per heavy atom. The number of rotatable bonds is 40. The molecule has 0 atom stereocenters. The van der Waals surface area contributed by atoms with E-state index in [0.717, 1.165) is 30.4 Å². The number of unbranched alkanes of at least 4 members (excludes halogenated alkanes) is 1. The van der Waals surface area contributed by atoms with Crippen LogP contribution in [0.25, 0.3) is 0 Å². The molecule has 50 heavy (non-hydrogen) atoms. The van der Waals surface area contributed by atoms with Crippen LogP contribution in [0.4, 0.5) is 5.69 Å². The number of hydrogen-bond acceptors (Lipinski definition) is 14. The van der Waals surface area contributed by atoms with E-state index >= 15 is 0 Å². The summed E-state index contributed by atoms with van der Waals surface area (Å²) in [5.74, 6) is -0.361. The molecule has 0 saturated heterocycles. The van der Waals surface area contributed by atoms with Gasteiger partial charge >= 0.3 is 5.97 Å². The Kier molecular flexibility index (Phi) is 36.1. The molecule has 0 radical (unpaired) electrons. The number of halogens is 1. The van der Waals surface area contributed by atoms with E-state index < -0.39 is 0 Å². The lowest BCUT2D eigenvalue weighted by molar-refractivity contribution is -0.0279. The number of nitrogens with one attached hydrogen (secondary N) is 1. The number of carbonyl (C=O) groups is 1. The third kappa shape index (κ3) is 32.4. The molecule has 0 spiro atoms. The van der Waals surface area contributed by atoms with Crippen LogP contribution in [0.15, 0.2) is 24.3 Å². The van der Waals surface area contributed by atoms with E-state index in [-0.39, 0.29) is 12.6 Å². The first-order valence-corrected chi connectivity index (χ1v) is 18.8. The largest absolute Gasteiger partial charge is 0.460 e. The van der Waals surface area contributed by atoms with Crippen LogP contribution >= 0.6 is 15.9 Å². The maximum absolute atomic E-state index is 12.1. The third-order valence-electron chi connectivity index (χ3n) is 6.38. The Morgan fingerprint density at radius 3 is 1.08 bits per heavy atom. The van der Waals surface area contributed by atoms with Crippen LogP contribution < -0.4 is 5.32 Å². The summed E-state index contributed by atoms with van der Waals surface area (Å²) in [6.45, 7) is 14.3. The fraction of sp³-hybridized carbons (Fsp3) is 0.800. The SMILES string of the molecule is CCCCNc1ccc(C(=O)OCCOCCOCCOCCOCCOCCOCCOCCOCCOCCOCCOCCBr)cc1. The summed E-state index contributed by atoms with van der Waals surface area (Å²) in [5.41, 5.74) is 1.51. The highest BCUT2D eigenvalue weighted by molar-refractivity contribution is 9.09. The Bertz CT molecular complexity index is 841. The van der Waals surface area contributed by atoms with E-state index in [2.05, 4.69) is 28.2 Å². The summed E-state index contributed by atoms with van der Waals surface area (Å²) in [6, 6.07) is 7.29. The molecule has 0 unspecified atom stereocenters. The van der Waals surface area contributed by atoms with Crippen LogP contribution in [0, 0.1) is 0 Å². The van der Waals surface area contributed by atoms with Gasteiger partial charge in [-0.2, -0.15) is 0 Å². The zero-order valence-electron chi connectivity index (χ0n) is 30.1. The summed E-state index contributed by atoms with van der Waals surface area (Å²) in [7, 11) is 0. The van der Waals surface area contributed by atoms with Crippen LogP contribution in [0.5, 0.6) is 0 Å². The molecule has 1 aromatic rings. The molecule has 15 heteroatoms. The number of carbonyl (C=O) groups excluding carboxylic acids is 1. The summed E-state index contributed by atoms with van der Waals surface area (Å²) >= 11 is 3.30. The Hall–Kier alpha value is -1.47. The molecule has 0 aromatic heterocycles. The molecule has 1 aromatic carbocycles. The number of hydrogen-bond donors (Lipinski definition) is 1. The molecule has 1 N–H and O–H groups in total. The van der Waals surface area contributed by atoms with Gasteiger partial charge in [0.15, 0.2) is 0 Å². The van der Waals surface area contributed by atoms with Gasteiger partial charge in [-0.25, -0.2) is 4.79 Å². The van der Waals surface area contributed by atoms with Crippen molar-refractivity contribution in [3.8, 4) is 0 Å². The molecule has 0 bridgehead atoms. The molecule has 0 aliphatic carbocycles. The molecule has 292 valence electrons. The minimum Gasteiger partial charge on any atom is -0.460 e. The second-order valence-corrected chi connectivity index (χ2v) is 11.2. The molecule has 0 aliphatic rings. The van der Waals surface area contributed by atoms with E-state index in [1.165, 1.54) is 0 Å².